The molecular weight excluding hydrogens is 315 g/mol. The van der Waals surface area contributed by atoms with E-state index in [2.05, 4.69) is 40.5 Å². The number of nitrogens with one attached hydrogen (secondary N) is 1. The molecular formula is C20H19FN4. The second kappa shape index (κ2) is 6.16. The Morgan fingerprint density at radius 3 is 2.84 bits per heavy atom. The van der Waals surface area contributed by atoms with Crippen molar-refractivity contribution in [2.24, 2.45) is 0 Å². The molecule has 0 saturated carbocycles. The van der Waals surface area contributed by atoms with Crippen molar-refractivity contribution in [3.8, 4) is 11.1 Å². The van der Waals surface area contributed by atoms with Crippen LogP contribution in [0.15, 0.2) is 60.1 Å². The smallest absolute Gasteiger partial charge is 0.126 e. The minimum atomic E-state index is -0.193. The number of nitrogens with zero attached hydrogens (tertiary/aromatic N) is 3. The molecule has 1 aromatic carbocycles. The van der Waals surface area contributed by atoms with Gasteiger partial charge < -0.3 is 5.32 Å². The number of aromatic nitrogens is 3. The maximum atomic E-state index is 13.5. The standard InChI is InChI=1S/C20H19FN4/c1-13-8-15(5-6-18(13)21)17-9-20-19(23-10-17)11-24-25(20)12-16-4-3-7-22-14(16)2/h3-6,8-11,22H,7,12H2,1-2H3. The lowest BCUT2D eigenvalue weighted by Crippen LogP contribution is -2.18. The van der Waals surface area contributed by atoms with Crippen molar-refractivity contribution in [2.75, 3.05) is 6.54 Å². The molecule has 1 N–H and O–H groups in total. The fraction of sp³-hybridized carbons (Fsp3) is 0.200. The first-order valence-corrected chi connectivity index (χ1v) is 8.30. The molecule has 5 heteroatoms. The highest BCUT2D eigenvalue weighted by Crippen LogP contribution is 2.25. The van der Waals surface area contributed by atoms with E-state index < -0.39 is 0 Å². The summed E-state index contributed by atoms with van der Waals surface area (Å²) in [5.41, 5.74) is 6.75. The number of dihydropyridines is 1. The molecule has 3 heterocycles. The highest BCUT2D eigenvalue weighted by molar-refractivity contribution is 5.80. The second-order valence-corrected chi connectivity index (χ2v) is 6.33. The Morgan fingerprint density at radius 1 is 1.16 bits per heavy atom. The molecule has 4 rings (SSSR count). The lowest BCUT2D eigenvalue weighted by atomic mass is 10.0. The zero-order chi connectivity index (χ0) is 17.4. The van der Waals surface area contributed by atoms with Gasteiger partial charge in [-0.3, -0.25) is 9.67 Å². The average Bonchev–Trinajstić information content (AvgIpc) is 3.01. The second-order valence-electron chi connectivity index (χ2n) is 6.33. The van der Waals surface area contributed by atoms with E-state index in [4.69, 9.17) is 0 Å². The van der Waals surface area contributed by atoms with E-state index in [9.17, 15) is 4.39 Å². The van der Waals surface area contributed by atoms with Crippen LogP contribution in [0.5, 0.6) is 0 Å². The largest absolute Gasteiger partial charge is 0.385 e. The normalized spacial score (nSPS) is 14.2. The van der Waals surface area contributed by atoms with E-state index in [0.29, 0.717) is 12.1 Å². The van der Waals surface area contributed by atoms with E-state index in [1.54, 1.807) is 19.2 Å². The third-order valence-electron chi connectivity index (χ3n) is 4.59. The number of pyridine rings is 1. The van der Waals surface area contributed by atoms with Gasteiger partial charge in [0.25, 0.3) is 0 Å². The van der Waals surface area contributed by atoms with E-state index >= 15 is 0 Å². The average molecular weight is 334 g/mol. The van der Waals surface area contributed by atoms with E-state index in [1.165, 1.54) is 17.3 Å². The number of rotatable bonds is 3. The first-order chi connectivity index (χ1) is 12.1. The van der Waals surface area contributed by atoms with Gasteiger partial charge >= 0.3 is 0 Å². The molecule has 126 valence electrons. The molecule has 0 spiro atoms. The van der Waals surface area contributed by atoms with Crippen LogP contribution in [0.2, 0.25) is 0 Å². The first-order valence-electron chi connectivity index (χ1n) is 8.30. The van der Waals surface area contributed by atoms with E-state index in [-0.39, 0.29) is 5.82 Å². The van der Waals surface area contributed by atoms with E-state index in [1.807, 2.05) is 16.9 Å². The highest BCUT2D eigenvalue weighted by Gasteiger charge is 2.11. The summed E-state index contributed by atoms with van der Waals surface area (Å²) in [6.45, 7) is 5.40. The van der Waals surface area contributed by atoms with Crippen LogP contribution in [0, 0.1) is 12.7 Å². The molecule has 4 nitrogen and oxygen atoms in total. The summed E-state index contributed by atoms with van der Waals surface area (Å²) in [5, 5.41) is 7.83. The van der Waals surface area contributed by atoms with Crippen LogP contribution in [0.1, 0.15) is 12.5 Å². The van der Waals surface area contributed by atoms with Gasteiger partial charge in [0.1, 0.15) is 11.3 Å². The van der Waals surface area contributed by atoms with Crippen LogP contribution < -0.4 is 5.32 Å². The van der Waals surface area contributed by atoms with Crippen LogP contribution in [0.3, 0.4) is 0 Å². The summed E-state index contributed by atoms with van der Waals surface area (Å²) in [6.07, 6.45) is 7.84. The Labute approximate surface area is 145 Å². The van der Waals surface area contributed by atoms with Crippen LogP contribution in [0.4, 0.5) is 4.39 Å². The van der Waals surface area contributed by atoms with Gasteiger partial charge in [0.15, 0.2) is 0 Å². The summed E-state index contributed by atoms with van der Waals surface area (Å²) in [6, 6.07) is 7.20. The Hall–Kier alpha value is -2.95. The molecule has 0 bridgehead atoms. The van der Waals surface area contributed by atoms with Crippen LogP contribution in [-0.4, -0.2) is 21.3 Å². The van der Waals surface area contributed by atoms with Crippen molar-refractivity contribution in [1.29, 1.82) is 0 Å². The summed E-state index contributed by atoms with van der Waals surface area (Å²) in [4.78, 5) is 4.52. The number of allylic oxidation sites excluding steroid dienone is 3. The molecule has 0 aliphatic carbocycles. The van der Waals surface area contributed by atoms with Crippen molar-refractivity contribution in [3.05, 3.63) is 71.5 Å². The number of fused-ring (bicyclic) bond motifs is 1. The summed E-state index contributed by atoms with van der Waals surface area (Å²) < 4.78 is 15.5. The topological polar surface area (TPSA) is 42.7 Å². The van der Waals surface area contributed by atoms with Gasteiger partial charge in [-0.2, -0.15) is 5.10 Å². The monoisotopic (exact) mass is 334 g/mol. The first kappa shape index (κ1) is 15.6. The number of hydrogen-bond acceptors (Lipinski definition) is 3. The van der Waals surface area contributed by atoms with Crippen molar-refractivity contribution < 1.29 is 4.39 Å². The molecule has 3 aromatic rings. The molecule has 0 radical (unpaired) electrons. The molecule has 1 aliphatic heterocycles. The van der Waals surface area contributed by atoms with Gasteiger partial charge in [-0.25, -0.2) is 4.39 Å². The Balaban J connectivity index is 1.75. The number of benzene rings is 1. The molecule has 1 aliphatic rings. The van der Waals surface area contributed by atoms with Gasteiger partial charge in [0, 0.05) is 24.0 Å². The lowest BCUT2D eigenvalue weighted by molar-refractivity contribution is 0.619. The minimum Gasteiger partial charge on any atom is -0.385 e. The number of hydrogen-bond donors (Lipinski definition) is 1. The quantitative estimate of drug-likeness (QED) is 0.788. The molecule has 25 heavy (non-hydrogen) atoms. The summed E-state index contributed by atoms with van der Waals surface area (Å²) in [5.74, 6) is -0.193. The predicted octanol–water partition coefficient (Wildman–Crippen LogP) is 3.98. The molecule has 0 unspecified atom stereocenters. The minimum absolute atomic E-state index is 0.193. The van der Waals surface area contributed by atoms with Gasteiger partial charge in [0.05, 0.1) is 18.3 Å². The highest BCUT2D eigenvalue weighted by atomic mass is 19.1. The molecule has 0 saturated heterocycles. The fourth-order valence-corrected chi connectivity index (χ4v) is 3.05. The molecule has 0 amide bonds. The van der Waals surface area contributed by atoms with Gasteiger partial charge in [0.2, 0.25) is 0 Å². The van der Waals surface area contributed by atoms with Crippen LogP contribution in [-0.2, 0) is 6.54 Å². The zero-order valence-electron chi connectivity index (χ0n) is 14.3. The summed E-state index contributed by atoms with van der Waals surface area (Å²) in [7, 11) is 0. The lowest BCUT2D eigenvalue weighted by Gasteiger charge is -2.15. The molecule has 2 aromatic heterocycles. The van der Waals surface area contributed by atoms with Gasteiger partial charge in [-0.15, -0.1) is 0 Å². The maximum Gasteiger partial charge on any atom is 0.126 e. The third kappa shape index (κ3) is 2.93. The SMILES string of the molecule is CC1=C(Cn2ncc3ncc(-c4ccc(F)c(C)c4)cc32)C=CCN1. The number of halogens is 1. The van der Waals surface area contributed by atoms with Crippen molar-refractivity contribution in [3.63, 3.8) is 0 Å². The maximum absolute atomic E-state index is 13.5. The number of aryl methyl sites for hydroxylation is 1. The molecule has 0 atom stereocenters. The van der Waals surface area contributed by atoms with Gasteiger partial charge in [-0.05, 0) is 48.7 Å². The van der Waals surface area contributed by atoms with E-state index in [0.717, 1.165) is 28.7 Å². The predicted molar refractivity (Wildman–Crippen MR) is 97.5 cm³/mol. The van der Waals surface area contributed by atoms with Crippen LogP contribution >= 0.6 is 0 Å². The van der Waals surface area contributed by atoms with Crippen molar-refractivity contribution >= 4 is 11.0 Å². The Morgan fingerprint density at radius 2 is 2.04 bits per heavy atom. The summed E-state index contributed by atoms with van der Waals surface area (Å²) >= 11 is 0. The Kier molecular flexibility index (Phi) is 3.84. The Bertz CT molecular complexity index is 1010. The fourth-order valence-electron chi connectivity index (χ4n) is 3.05. The van der Waals surface area contributed by atoms with Gasteiger partial charge in [-0.1, -0.05) is 18.2 Å². The third-order valence-corrected chi connectivity index (χ3v) is 4.59. The molecule has 0 fully saturated rings. The van der Waals surface area contributed by atoms with Crippen LogP contribution in [0.25, 0.3) is 22.2 Å². The van der Waals surface area contributed by atoms with Crippen molar-refractivity contribution in [2.45, 2.75) is 20.4 Å². The van der Waals surface area contributed by atoms with Crippen molar-refractivity contribution in [1.82, 2.24) is 20.1 Å². The zero-order valence-corrected chi connectivity index (χ0v) is 14.3.